The molecule has 0 unspecified atom stereocenters. The van der Waals surface area contributed by atoms with Crippen LogP contribution in [-0.2, 0) is 11.2 Å². The van der Waals surface area contributed by atoms with Crippen molar-refractivity contribution in [1.29, 1.82) is 0 Å². The quantitative estimate of drug-likeness (QED) is 0.669. The van der Waals surface area contributed by atoms with E-state index in [1.807, 2.05) is 6.92 Å². The fourth-order valence-corrected chi connectivity index (χ4v) is 1.94. The Morgan fingerprint density at radius 3 is 3.07 bits per heavy atom. The molecule has 0 atom stereocenters. The van der Waals surface area contributed by atoms with Crippen LogP contribution in [-0.4, -0.2) is 26.3 Å². The summed E-state index contributed by atoms with van der Waals surface area (Å²) in [4.78, 5) is 0. The van der Waals surface area contributed by atoms with E-state index >= 15 is 0 Å². The van der Waals surface area contributed by atoms with Crippen molar-refractivity contribution >= 4 is 11.3 Å². The van der Waals surface area contributed by atoms with Gasteiger partial charge in [-0.15, -0.1) is 0 Å². The Bertz CT molecular complexity index is 211. The first-order valence-electron chi connectivity index (χ1n) is 5.23. The van der Waals surface area contributed by atoms with Crippen LogP contribution in [0.15, 0.2) is 16.8 Å². The summed E-state index contributed by atoms with van der Waals surface area (Å²) >= 11 is 1.77. The van der Waals surface area contributed by atoms with Crippen LogP contribution < -0.4 is 5.32 Å². The highest BCUT2D eigenvalue weighted by Gasteiger charge is 1.92. The molecule has 0 radical (unpaired) electrons. The fourth-order valence-electron chi connectivity index (χ4n) is 1.24. The van der Waals surface area contributed by atoms with Gasteiger partial charge >= 0.3 is 0 Å². The van der Waals surface area contributed by atoms with E-state index in [0.717, 1.165) is 39.1 Å². The Hall–Kier alpha value is -0.380. The van der Waals surface area contributed by atoms with Gasteiger partial charge in [0.1, 0.15) is 0 Å². The number of rotatable bonds is 8. The zero-order chi connectivity index (χ0) is 10.1. The van der Waals surface area contributed by atoms with Crippen molar-refractivity contribution in [2.24, 2.45) is 0 Å². The molecule has 0 aliphatic rings. The second-order valence-corrected chi connectivity index (χ2v) is 3.96. The smallest absolute Gasteiger partial charge is 0.0477 e. The average molecular weight is 213 g/mol. The molecule has 0 saturated heterocycles. The zero-order valence-electron chi connectivity index (χ0n) is 8.79. The molecule has 1 aromatic rings. The number of hydrogen-bond acceptors (Lipinski definition) is 3. The second-order valence-electron chi connectivity index (χ2n) is 3.18. The predicted molar refractivity (Wildman–Crippen MR) is 62.0 cm³/mol. The van der Waals surface area contributed by atoms with E-state index < -0.39 is 0 Å². The summed E-state index contributed by atoms with van der Waals surface area (Å²) in [5, 5.41) is 7.75. The lowest BCUT2D eigenvalue weighted by atomic mass is 10.2. The lowest BCUT2D eigenvalue weighted by Crippen LogP contribution is -2.19. The Kier molecular flexibility index (Phi) is 6.66. The third-order valence-electron chi connectivity index (χ3n) is 2.02. The van der Waals surface area contributed by atoms with Gasteiger partial charge in [0.2, 0.25) is 0 Å². The van der Waals surface area contributed by atoms with Crippen LogP contribution in [0.2, 0.25) is 0 Å². The fraction of sp³-hybridized carbons (Fsp3) is 0.636. The van der Waals surface area contributed by atoms with Crippen molar-refractivity contribution in [2.75, 3.05) is 26.3 Å². The number of thiophene rings is 1. The molecule has 0 aliphatic carbocycles. The van der Waals surface area contributed by atoms with Crippen LogP contribution in [0, 0.1) is 0 Å². The highest BCUT2D eigenvalue weighted by atomic mass is 32.1. The van der Waals surface area contributed by atoms with E-state index in [4.69, 9.17) is 4.74 Å². The first-order chi connectivity index (χ1) is 6.93. The van der Waals surface area contributed by atoms with Crippen LogP contribution in [0.5, 0.6) is 0 Å². The molecule has 1 heterocycles. The number of nitrogens with one attached hydrogen (secondary N) is 1. The molecule has 0 aromatic carbocycles. The van der Waals surface area contributed by atoms with Crippen LogP contribution in [0.25, 0.3) is 0 Å². The van der Waals surface area contributed by atoms with Crippen molar-refractivity contribution < 1.29 is 4.74 Å². The molecule has 14 heavy (non-hydrogen) atoms. The summed E-state index contributed by atoms with van der Waals surface area (Å²) < 4.78 is 5.25. The molecule has 0 saturated carbocycles. The molecule has 0 bridgehead atoms. The van der Waals surface area contributed by atoms with Gasteiger partial charge in [0.15, 0.2) is 0 Å². The van der Waals surface area contributed by atoms with Gasteiger partial charge in [0.25, 0.3) is 0 Å². The third kappa shape index (κ3) is 5.37. The van der Waals surface area contributed by atoms with Gasteiger partial charge in [-0.25, -0.2) is 0 Å². The molecule has 3 heteroatoms. The lowest BCUT2D eigenvalue weighted by Gasteiger charge is -2.03. The average Bonchev–Trinajstić information content (AvgIpc) is 2.69. The summed E-state index contributed by atoms with van der Waals surface area (Å²) in [6.45, 7) is 5.87. The minimum atomic E-state index is 0.828. The highest BCUT2D eigenvalue weighted by molar-refractivity contribution is 7.07. The zero-order valence-corrected chi connectivity index (χ0v) is 9.61. The Morgan fingerprint density at radius 2 is 2.36 bits per heavy atom. The van der Waals surface area contributed by atoms with Crippen LogP contribution in [0.4, 0.5) is 0 Å². The minimum Gasteiger partial charge on any atom is -0.382 e. The summed E-state index contributed by atoms with van der Waals surface area (Å²) in [6.07, 6.45) is 2.25. The topological polar surface area (TPSA) is 21.3 Å². The SMILES string of the molecule is CCOCCCNCCc1ccsc1. The van der Waals surface area contributed by atoms with Crippen molar-refractivity contribution in [3.63, 3.8) is 0 Å². The molecule has 0 fully saturated rings. The maximum atomic E-state index is 5.25. The molecule has 80 valence electrons. The molecule has 2 nitrogen and oxygen atoms in total. The monoisotopic (exact) mass is 213 g/mol. The van der Waals surface area contributed by atoms with Crippen LogP contribution in [0.3, 0.4) is 0 Å². The Labute approximate surface area is 90.3 Å². The molecule has 0 aliphatic heterocycles. The van der Waals surface area contributed by atoms with Gasteiger partial charge in [-0.1, -0.05) is 0 Å². The van der Waals surface area contributed by atoms with Gasteiger partial charge in [0.05, 0.1) is 0 Å². The van der Waals surface area contributed by atoms with Gasteiger partial charge in [-0.3, -0.25) is 0 Å². The third-order valence-corrected chi connectivity index (χ3v) is 2.75. The molecular weight excluding hydrogens is 194 g/mol. The lowest BCUT2D eigenvalue weighted by molar-refractivity contribution is 0.145. The molecule has 1 N–H and O–H groups in total. The van der Waals surface area contributed by atoms with E-state index in [0.29, 0.717) is 0 Å². The van der Waals surface area contributed by atoms with E-state index in [1.165, 1.54) is 5.56 Å². The standard InChI is InChI=1S/C11H19NOS/c1-2-13-8-3-6-12-7-4-11-5-9-14-10-11/h5,9-10,12H,2-4,6-8H2,1H3. The van der Waals surface area contributed by atoms with E-state index in [-0.39, 0.29) is 0 Å². The highest BCUT2D eigenvalue weighted by Crippen LogP contribution is 2.05. The maximum Gasteiger partial charge on any atom is 0.0477 e. The minimum absolute atomic E-state index is 0.828. The summed E-state index contributed by atoms with van der Waals surface area (Å²) in [5.41, 5.74) is 1.44. The van der Waals surface area contributed by atoms with Crippen LogP contribution in [0.1, 0.15) is 18.9 Å². The van der Waals surface area contributed by atoms with Crippen molar-refractivity contribution in [2.45, 2.75) is 19.8 Å². The van der Waals surface area contributed by atoms with Gasteiger partial charge in [-0.2, -0.15) is 11.3 Å². The first-order valence-corrected chi connectivity index (χ1v) is 6.17. The van der Waals surface area contributed by atoms with E-state index in [1.54, 1.807) is 11.3 Å². The maximum absolute atomic E-state index is 5.25. The Balaban J connectivity index is 1.85. The molecule has 0 spiro atoms. The summed E-state index contributed by atoms with van der Waals surface area (Å²) in [5.74, 6) is 0. The normalized spacial score (nSPS) is 10.6. The Morgan fingerprint density at radius 1 is 1.43 bits per heavy atom. The largest absolute Gasteiger partial charge is 0.382 e. The molecular formula is C11H19NOS. The first kappa shape index (κ1) is 11.7. The molecule has 1 aromatic heterocycles. The second kappa shape index (κ2) is 7.97. The summed E-state index contributed by atoms with van der Waals surface area (Å²) in [6, 6.07) is 2.19. The van der Waals surface area contributed by atoms with Gasteiger partial charge < -0.3 is 10.1 Å². The van der Waals surface area contributed by atoms with Crippen molar-refractivity contribution in [1.82, 2.24) is 5.32 Å². The summed E-state index contributed by atoms with van der Waals surface area (Å²) in [7, 11) is 0. The van der Waals surface area contributed by atoms with Crippen molar-refractivity contribution in [3.8, 4) is 0 Å². The van der Waals surface area contributed by atoms with Gasteiger partial charge in [0, 0.05) is 13.2 Å². The van der Waals surface area contributed by atoms with Crippen LogP contribution >= 0.6 is 11.3 Å². The van der Waals surface area contributed by atoms with Gasteiger partial charge in [-0.05, 0) is 55.2 Å². The van der Waals surface area contributed by atoms with E-state index in [2.05, 4.69) is 22.1 Å². The molecule has 0 amide bonds. The number of ether oxygens (including phenoxy) is 1. The van der Waals surface area contributed by atoms with Crippen molar-refractivity contribution in [3.05, 3.63) is 22.4 Å². The molecule has 1 rings (SSSR count). The predicted octanol–water partition coefficient (Wildman–Crippen LogP) is 2.31. The number of hydrogen-bond donors (Lipinski definition) is 1. The van der Waals surface area contributed by atoms with E-state index in [9.17, 15) is 0 Å².